The fourth-order valence-corrected chi connectivity index (χ4v) is 7.93. The molecule has 4 aromatic rings. The van der Waals surface area contributed by atoms with Crippen LogP contribution in [0.5, 0.6) is 0 Å². The molecule has 0 bridgehead atoms. The van der Waals surface area contributed by atoms with Gasteiger partial charge in [0.2, 0.25) is 53.2 Å². The van der Waals surface area contributed by atoms with Crippen molar-refractivity contribution in [3.05, 3.63) is 84.1 Å². The number of hydrogen-bond donors (Lipinski definition) is 12. The molecule has 1 aliphatic rings. The average molecular weight is 952 g/mol. The maximum atomic E-state index is 14.8. The van der Waals surface area contributed by atoms with E-state index in [1.165, 1.54) is 0 Å². The van der Waals surface area contributed by atoms with Crippen LogP contribution in [0.4, 0.5) is 0 Å². The minimum absolute atomic E-state index is 0.0222. The summed E-state index contributed by atoms with van der Waals surface area (Å²) in [6.45, 7) is 1.28. The SMILES string of the molecule is CC(=O)N[C@H]1CC(=O)NCCCC[C@@H](C(N)=O)NC(=O)[C@@H](CCC(N)=O)NC(=O)[C@H](Cc2ccc3ccccc3c2)NC(=O)[C@H](Cc2c[nH]c3ccccc23)NC(=O)[C@H](CCCN=C(N)N)NC1=O. The Hall–Kier alpha value is -8.04. The van der Waals surface area contributed by atoms with Gasteiger partial charge in [-0.05, 0) is 66.5 Å². The summed E-state index contributed by atoms with van der Waals surface area (Å²) in [6, 6.07) is 11.9. The predicted molar refractivity (Wildman–Crippen MR) is 256 cm³/mol. The topological polar surface area (TPSA) is 370 Å². The van der Waals surface area contributed by atoms with Gasteiger partial charge in [0.05, 0.1) is 6.42 Å². The molecular formula is C47H61N13O9. The van der Waals surface area contributed by atoms with E-state index >= 15 is 0 Å². The molecule has 0 radical (unpaired) electrons. The maximum Gasteiger partial charge on any atom is 0.243 e. The van der Waals surface area contributed by atoms with Crippen LogP contribution in [-0.4, -0.2) is 113 Å². The molecule has 0 unspecified atom stereocenters. The molecule has 1 fully saturated rings. The van der Waals surface area contributed by atoms with Gasteiger partial charge in [0.15, 0.2) is 5.96 Å². The van der Waals surface area contributed by atoms with E-state index in [4.69, 9.17) is 22.9 Å². The zero-order valence-corrected chi connectivity index (χ0v) is 38.3. The van der Waals surface area contributed by atoms with Crippen molar-refractivity contribution < 1.29 is 43.2 Å². The lowest BCUT2D eigenvalue weighted by atomic mass is 9.99. The third kappa shape index (κ3) is 16.1. The lowest BCUT2D eigenvalue weighted by Gasteiger charge is -2.27. The summed E-state index contributed by atoms with van der Waals surface area (Å²) in [5.74, 6) is -7.38. The van der Waals surface area contributed by atoms with Crippen molar-refractivity contribution in [2.75, 3.05) is 13.1 Å². The van der Waals surface area contributed by atoms with Gasteiger partial charge >= 0.3 is 0 Å². The molecule has 1 saturated heterocycles. The van der Waals surface area contributed by atoms with Crippen molar-refractivity contribution in [2.45, 2.75) is 107 Å². The van der Waals surface area contributed by atoms with Crippen molar-refractivity contribution >= 4 is 80.8 Å². The molecule has 0 spiro atoms. The molecule has 69 heavy (non-hydrogen) atoms. The number of rotatable bonds is 13. The number of para-hydroxylation sites is 1. The first-order chi connectivity index (χ1) is 33.0. The van der Waals surface area contributed by atoms with E-state index < -0.39 is 95.8 Å². The number of primary amides is 2. The maximum absolute atomic E-state index is 14.8. The number of carbonyl (C=O) groups excluding carboxylic acids is 9. The Bertz CT molecular complexity index is 2560. The smallest absolute Gasteiger partial charge is 0.243 e. The molecule has 1 aliphatic heterocycles. The van der Waals surface area contributed by atoms with Crippen molar-refractivity contribution in [1.29, 1.82) is 0 Å². The summed E-state index contributed by atoms with van der Waals surface area (Å²) < 4.78 is 0. The molecule has 5 rings (SSSR count). The molecule has 2 heterocycles. The van der Waals surface area contributed by atoms with Crippen LogP contribution < -0.4 is 60.2 Å². The number of hydrogen-bond acceptors (Lipinski definition) is 10. The average Bonchev–Trinajstić information content (AvgIpc) is 3.71. The van der Waals surface area contributed by atoms with Crippen molar-refractivity contribution in [3.63, 3.8) is 0 Å². The summed E-state index contributed by atoms with van der Waals surface area (Å²) >= 11 is 0. The molecule has 6 atom stereocenters. The van der Waals surface area contributed by atoms with Crippen LogP contribution in [0.15, 0.2) is 77.9 Å². The highest BCUT2D eigenvalue weighted by molar-refractivity contribution is 5.98. The summed E-state index contributed by atoms with van der Waals surface area (Å²) in [5.41, 5.74) is 24.1. The Balaban J connectivity index is 1.58. The van der Waals surface area contributed by atoms with Gasteiger partial charge in [0.1, 0.15) is 36.3 Å². The van der Waals surface area contributed by atoms with Crippen molar-refractivity contribution in [2.24, 2.45) is 27.9 Å². The van der Waals surface area contributed by atoms with Crippen LogP contribution in [0.1, 0.15) is 69.4 Å². The first kappa shape index (κ1) is 51.9. The molecule has 1 aromatic heterocycles. The fourth-order valence-electron chi connectivity index (χ4n) is 7.93. The van der Waals surface area contributed by atoms with E-state index in [2.05, 4.69) is 47.2 Å². The third-order valence-corrected chi connectivity index (χ3v) is 11.5. The molecule has 22 nitrogen and oxygen atoms in total. The molecule has 368 valence electrons. The molecule has 22 heteroatoms. The van der Waals surface area contributed by atoms with E-state index in [0.717, 1.165) is 28.6 Å². The van der Waals surface area contributed by atoms with Gasteiger partial charge in [0, 0.05) is 56.4 Å². The summed E-state index contributed by atoms with van der Waals surface area (Å²) in [5, 5.41) is 21.0. The quantitative estimate of drug-likeness (QED) is 0.0417. The number of carbonyl (C=O) groups is 9. The fraction of sp³-hybridized carbons (Fsp3) is 0.404. The third-order valence-electron chi connectivity index (χ3n) is 11.5. The minimum atomic E-state index is -1.44. The highest BCUT2D eigenvalue weighted by Gasteiger charge is 2.34. The number of H-pyrrole nitrogens is 1. The highest BCUT2D eigenvalue weighted by Crippen LogP contribution is 2.21. The second kappa shape index (κ2) is 25.2. The Morgan fingerprint density at radius 3 is 2.01 bits per heavy atom. The largest absolute Gasteiger partial charge is 0.370 e. The first-order valence-corrected chi connectivity index (χ1v) is 22.7. The van der Waals surface area contributed by atoms with E-state index in [-0.39, 0.29) is 76.8 Å². The van der Waals surface area contributed by atoms with Gasteiger partial charge in [-0.25, -0.2) is 0 Å². The number of aliphatic imine (C=N–C) groups is 1. The van der Waals surface area contributed by atoms with Gasteiger partial charge in [-0.3, -0.25) is 48.1 Å². The molecule has 16 N–H and O–H groups in total. The van der Waals surface area contributed by atoms with E-state index in [9.17, 15) is 43.2 Å². The predicted octanol–water partition coefficient (Wildman–Crippen LogP) is -1.47. The Labute approximate surface area is 397 Å². The van der Waals surface area contributed by atoms with Crippen LogP contribution in [0.3, 0.4) is 0 Å². The second-order valence-corrected chi connectivity index (χ2v) is 16.9. The number of fused-ring (bicyclic) bond motifs is 2. The number of nitrogens with two attached hydrogens (primary N) is 4. The lowest BCUT2D eigenvalue weighted by molar-refractivity contribution is -0.136. The normalized spacial score (nSPS) is 21.6. The Morgan fingerprint density at radius 2 is 1.32 bits per heavy atom. The molecule has 9 amide bonds. The minimum Gasteiger partial charge on any atom is -0.370 e. The van der Waals surface area contributed by atoms with Crippen LogP contribution in [0.2, 0.25) is 0 Å². The highest BCUT2D eigenvalue weighted by atomic mass is 16.2. The zero-order chi connectivity index (χ0) is 50.0. The lowest BCUT2D eigenvalue weighted by Crippen LogP contribution is -2.60. The monoisotopic (exact) mass is 951 g/mol. The van der Waals surface area contributed by atoms with Crippen LogP contribution in [-0.2, 0) is 56.0 Å². The van der Waals surface area contributed by atoms with Crippen LogP contribution in [0, 0.1) is 0 Å². The first-order valence-electron chi connectivity index (χ1n) is 22.7. The number of aromatic amines is 1. The van der Waals surface area contributed by atoms with E-state index in [1.807, 2.05) is 54.6 Å². The Kier molecular flexibility index (Phi) is 19.0. The number of nitrogens with one attached hydrogen (secondary N) is 8. The number of amides is 9. The summed E-state index contributed by atoms with van der Waals surface area (Å²) in [6.07, 6.45) is 0.947. The molecule has 0 saturated carbocycles. The molecule has 3 aromatic carbocycles. The number of benzene rings is 3. The van der Waals surface area contributed by atoms with Gasteiger partial charge in [0.25, 0.3) is 0 Å². The van der Waals surface area contributed by atoms with Crippen molar-refractivity contribution in [3.8, 4) is 0 Å². The number of guanidine groups is 1. The van der Waals surface area contributed by atoms with E-state index in [1.54, 1.807) is 18.3 Å². The summed E-state index contributed by atoms with van der Waals surface area (Å²) in [4.78, 5) is 129. The molecule has 0 aliphatic carbocycles. The van der Waals surface area contributed by atoms with Crippen molar-refractivity contribution in [1.82, 2.24) is 42.2 Å². The standard InChI is InChI=1S/C47H61N13O9/c1-26(61)55-38-24-40(63)52-19-7-6-13-33(41(49)64)56-43(66)35(17-18-39(48)62)58-44(67)36(22-27-15-16-28-9-2-3-10-29(28)21-27)59-45(68)37(23-30-25-54-32-12-5-4-11-31(30)32)60-42(65)34(57-46(38)69)14-8-20-53-47(50)51/h2-5,9-12,15-16,21,25,33-38,54H,6-8,13-14,17-20,22-24H2,1H3,(H2,48,62)(H2,49,64)(H,52,63)(H,55,61)(H,56,66)(H,57,69)(H,58,67)(H,59,68)(H,60,65)(H4,50,51,53)/t33-,34-,35+,36-,37-,38-/m0/s1. The van der Waals surface area contributed by atoms with Gasteiger partial charge in [-0.2, -0.15) is 0 Å². The summed E-state index contributed by atoms with van der Waals surface area (Å²) in [7, 11) is 0. The number of nitrogens with zero attached hydrogens (tertiary/aromatic N) is 1. The van der Waals surface area contributed by atoms with Crippen LogP contribution in [0.25, 0.3) is 21.7 Å². The Morgan fingerprint density at radius 1 is 0.696 bits per heavy atom. The second-order valence-electron chi connectivity index (χ2n) is 16.9. The van der Waals surface area contributed by atoms with Crippen LogP contribution >= 0.6 is 0 Å². The van der Waals surface area contributed by atoms with Gasteiger partial charge < -0.3 is 65.1 Å². The van der Waals surface area contributed by atoms with E-state index in [0.29, 0.717) is 11.1 Å². The molecular weight excluding hydrogens is 891 g/mol. The zero-order valence-electron chi connectivity index (χ0n) is 38.3. The number of aromatic nitrogens is 1. The van der Waals surface area contributed by atoms with Gasteiger partial charge in [-0.15, -0.1) is 0 Å². The van der Waals surface area contributed by atoms with Gasteiger partial charge in [-0.1, -0.05) is 60.7 Å².